The lowest BCUT2D eigenvalue weighted by molar-refractivity contribution is 0.562. The molecule has 5 nitrogen and oxygen atoms in total. The molecule has 0 saturated heterocycles. The Hall–Kier alpha value is -1.79. The van der Waals surface area contributed by atoms with Crippen molar-refractivity contribution in [1.82, 2.24) is 14.7 Å². The number of benzene rings is 1. The van der Waals surface area contributed by atoms with Crippen LogP contribution in [0.25, 0.3) is 0 Å². The van der Waals surface area contributed by atoms with E-state index in [2.05, 4.69) is 28.5 Å². The summed E-state index contributed by atoms with van der Waals surface area (Å²) in [5, 5.41) is 0. The van der Waals surface area contributed by atoms with Gasteiger partial charge in [-0.3, -0.25) is 9.97 Å². The summed E-state index contributed by atoms with van der Waals surface area (Å²) in [5.74, 6) is 0.417. The zero-order valence-corrected chi connectivity index (χ0v) is 14.8. The number of hydrogen-bond donors (Lipinski definition) is 1. The van der Waals surface area contributed by atoms with Gasteiger partial charge in [-0.15, -0.1) is 0 Å². The zero-order valence-electron chi connectivity index (χ0n) is 13.9. The van der Waals surface area contributed by atoms with Gasteiger partial charge in [-0.25, -0.2) is 13.1 Å². The molecule has 124 valence electrons. The molecule has 0 fully saturated rings. The number of aromatic nitrogens is 2. The second-order valence-corrected chi connectivity index (χ2v) is 7.46. The zero-order chi connectivity index (χ0) is 17.0. The minimum Gasteiger partial charge on any atom is -0.258 e. The Kier molecular flexibility index (Phi) is 5.49. The number of nitrogens with zero attached hydrogens (tertiary/aromatic N) is 2. The number of rotatable bonds is 6. The lowest BCUT2D eigenvalue weighted by Crippen LogP contribution is -2.28. The maximum Gasteiger partial charge on any atom is 0.241 e. The topological polar surface area (TPSA) is 72.0 Å². The van der Waals surface area contributed by atoms with Gasteiger partial charge in [0.05, 0.1) is 22.3 Å². The quantitative estimate of drug-likeness (QED) is 0.880. The van der Waals surface area contributed by atoms with E-state index in [-0.39, 0.29) is 4.90 Å². The van der Waals surface area contributed by atoms with Crippen LogP contribution in [0.3, 0.4) is 0 Å². The summed E-state index contributed by atoms with van der Waals surface area (Å²) in [7, 11) is -3.59. The van der Waals surface area contributed by atoms with Gasteiger partial charge < -0.3 is 0 Å². The molecular weight excluding hydrogens is 310 g/mol. The van der Waals surface area contributed by atoms with Crippen molar-refractivity contribution in [2.75, 3.05) is 0 Å². The van der Waals surface area contributed by atoms with Crippen LogP contribution in [-0.4, -0.2) is 18.4 Å². The minimum atomic E-state index is -3.59. The average molecular weight is 333 g/mol. The Labute approximate surface area is 138 Å². The lowest BCUT2D eigenvalue weighted by Gasteiger charge is -2.16. The van der Waals surface area contributed by atoms with Crippen LogP contribution < -0.4 is 4.72 Å². The number of nitrogens with one attached hydrogen (secondary N) is 1. The van der Waals surface area contributed by atoms with Gasteiger partial charge in [0, 0.05) is 12.4 Å². The Morgan fingerprint density at radius 2 is 1.70 bits per heavy atom. The first-order valence-electron chi connectivity index (χ1n) is 7.75. The van der Waals surface area contributed by atoms with Gasteiger partial charge in [0.2, 0.25) is 10.0 Å². The van der Waals surface area contributed by atoms with Crippen molar-refractivity contribution in [3.63, 3.8) is 0 Å². The van der Waals surface area contributed by atoms with Crippen LogP contribution in [0.1, 0.15) is 56.1 Å². The molecule has 2 atom stereocenters. The maximum atomic E-state index is 12.5. The molecular formula is C17H23N3O2S. The summed E-state index contributed by atoms with van der Waals surface area (Å²) >= 11 is 0. The average Bonchev–Trinajstić information content (AvgIpc) is 2.54. The van der Waals surface area contributed by atoms with Crippen molar-refractivity contribution in [3.8, 4) is 0 Å². The molecule has 1 unspecified atom stereocenters. The Bertz CT molecular complexity index is 758. The van der Waals surface area contributed by atoms with Gasteiger partial charge in [-0.05, 0) is 43.9 Å². The normalized spacial score (nSPS) is 14.4. The molecule has 0 bridgehead atoms. The molecule has 0 aliphatic carbocycles. The van der Waals surface area contributed by atoms with Gasteiger partial charge in [0.1, 0.15) is 0 Å². The van der Waals surface area contributed by atoms with Gasteiger partial charge in [0.15, 0.2) is 0 Å². The summed E-state index contributed by atoms with van der Waals surface area (Å²) < 4.78 is 27.7. The van der Waals surface area contributed by atoms with Gasteiger partial charge in [-0.2, -0.15) is 0 Å². The van der Waals surface area contributed by atoms with Crippen molar-refractivity contribution in [2.24, 2.45) is 0 Å². The van der Waals surface area contributed by atoms with Gasteiger partial charge in [-0.1, -0.05) is 26.0 Å². The predicted octanol–water partition coefficient (Wildman–Crippen LogP) is 3.34. The molecule has 0 saturated carbocycles. The van der Waals surface area contributed by atoms with Crippen LogP contribution in [0.4, 0.5) is 0 Å². The maximum absolute atomic E-state index is 12.5. The van der Waals surface area contributed by atoms with Crippen molar-refractivity contribution in [1.29, 1.82) is 0 Å². The van der Waals surface area contributed by atoms with Crippen LogP contribution in [0, 0.1) is 6.92 Å². The lowest BCUT2D eigenvalue weighted by atomic mass is 9.99. The van der Waals surface area contributed by atoms with Crippen LogP contribution in [0.15, 0.2) is 41.6 Å². The van der Waals surface area contributed by atoms with Crippen LogP contribution in [0.2, 0.25) is 0 Å². The van der Waals surface area contributed by atoms with Crippen LogP contribution >= 0.6 is 0 Å². The fourth-order valence-electron chi connectivity index (χ4n) is 2.41. The first-order chi connectivity index (χ1) is 10.8. The van der Waals surface area contributed by atoms with Crippen molar-refractivity contribution < 1.29 is 8.42 Å². The Balaban J connectivity index is 2.20. The fourth-order valence-corrected chi connectivity index (χ4v) is 3.62. The third-order valence-electron chi connectivity index (χ3n) is 4.03. The summed E-state index contributed by atoms with van der Waals surface area (Å²) in [6, 6.07) is 6.62. The molecule has 23 heavy (non-hydrogen) atoms. The van der Waals surface area contributed by atoms with Crippen LogP contribution in [0.5, 0.6) is 0 Å². The summed E-state index contributed by atoms with van der Waals surface area (Å²) in [5.41, 5.74) is 2.49. The molecule has 0 aliphatic heterocycles. The molecule has 2 rings (SSSR count). The minimum absolute atomic E-state index is 0.262. The molecule has 6 heteroatoms. The van der Waals surface area contributed by atoms with Gasteiger partial charge >= 0.3 is 0 Å². The smallest absolute Gasteiger partial charge is 0.241 e. The highest BCUT2D eigenvalue weighted by atomic mass is 32.2. The van der Waals surface area contributed by atoms with E-state index in [4.69, 9.17) is 0 Å². The molecule has 1 aromatic heterocycles. The third-order valence-corrected chi connectivity index (χ3v) is 5.59. The largest absolute Gasteiger partial charge is 0.258 e. The van der Waals surface area contributed by atoms with Crippen LogP contribution in [-0.2, 0) is 10.0 Å². The first kappa shape index (κ1) is 17.6. The second kappa shape index (κ2) is 7.19. The summed E-state index contributed by atoms with van der Waals surface area (Å²) in [6.07, 6.45) is 4.18. The van der Waals surface area contributed by atoms with Crippen molar-refractivity contribution in [2.45, 2.75) is 51.0 Å². The van der Waals surface area contributed by atoms with E-state index in [1.807, 2.05) is 19.1 Å². The summed E-state index contributed by atoms with van der Waals surface area (Å²) in [4.78, 5) is 8.62. The van der Waals surface area contributed by atoms with Crippen molar-refractivity contribution >= 4 is 10.0 Å². The molecule has 0 amide bonds. The SMILES string of the molecule is CCC(C)c1ccc(S(=O)(=O)N[C@H](C)c2nccnc2C)cc1. The Morgan fingerprint density at radius 3 is 2.26 bits per heavy atom. The highest BCUT2D eigenvalue weighted by Crippen LogP contribution is 2.22. The first-order valence-corrected chi connectivity index (χ1v) is 9.23. The fraction of sp³-hybridized carbons (Fsp3) is 0.412. The number of aryl methyl sites for hydroxylation is 1. The van der Waals surface area contributed by atoms with E-state index < -0.39 is 16.1 Å². The molecule has 0 spiro atoms. The Morgan fingerprint density at radius 1 is 1.09 bits per heavy atom. The number of hydrogen-bond acceptors (Lipinski definition) is 4. The van der Waals surface area contributed by atoms with E-state index in [1.54, 1.807) is 31.5 Å². The van der Waals surface area contributed by atoms with E-state index in [0.29, 0.717) is 11.6 Å². The van der Waals surface area contributed by atoms with Crippen molar-refractivity contribution in [3.05, 3.63) is 53.6 Å². The summed E-state index contributed by atoms with van der Waals surface area (Å²) in [6.45, 7) is 7.82. The van der Waals surface area contributed by atoms with E-state index in [9.17, 15) is 8.42 Å². The third kappa shape index (κ3) is 4.14. The van der Waals surface area contributed by atoms with E-state index >= 15 is 0 Å². The number of sulfonamides is 1. The standard InChI is InChI=1S/C17H23N3O2S/c1-5-12(2)15-6-8-16(9-7-15)23(21,22)20-14(4)17-13(3)18-10-11-19-17/h6-12,14,20H,5H2,1-4H3/t12?,14-/m1/s1. The highest BCUT2D eigenvalue weighted by Gasteiger charge is 2.20. The second-order valence-electron chi connectivity index (χ2n) is 5.75. The molecule has 1 N–H and O–H groups in total. The molecule has 1 aromatic carbocycles. The molecule has 0 aliphatic rings. The van der Waals surface area contributed by atoms with E-state index in [1.165, 1.54) is 0 Å². The van der Waals surface area contributed by atoms with Gasteiger partial charge in [0.25, 0.3) is 0 Å². The molecule has 1 heterocycles. The predicted molar refractivity (Wildman–Crippen MR) is 90.7 cm³/mol. The molecule has 2 aromatic rings. The molecule has 0 radical (unpaired) electrons. The van der Waals surface area contributed by atoms with E-state index in [0.717, 1.165) is 17.7 Å². The highest BCUT2D eigenvalue weighted by molar-refractivity contribution is 7.89. The monoisotopic (exact) mass is 333 g/mol.